The van der Waals surface area contributed by atoms with E-state index in [0.717, 1.165) is 40.2 Å². The summed E-state index contributed by atoms with van der Waals surface area (Å²) in [6.07, 6.45) is 0.239. The number of nitrogens with one attached hydrogen (secondary N) is 1. The second-order valence-electron chi connectivity index (χ2n) is 5.35. The molecule has 0 aliphatic heterocycles. The highest BCUT2D eigenvalue weighted by Crippen LogP contribution is 2.27. The molecule has 1 atom stereocenters. The molecular formula is C17H13F2N3O3S2. The largest absolute Gasteiger partial charge is 0.452 e. The van der Waals surface area contributed by atoms with Gasteiger partial charge in [-0.15, -0.1) is 11.3 Å². The zero-order valence-electron chi connectivity index (χ0n) is 13.9. The number of fused-ring (bicyclic) bond motifs is 1. The van der Waals surface area contributed by atoms with Gasteiger partial charge in [-0.2, -0.15) is 0 Å². The van der Waals surface area contributed by atoms with E-state index in [9.17, 15) is 18.4 Å². The van der Waals surface area contributed by atoms with E-state index in [2.05, 4.69) is 15.3 Å². The van der Waals surface area contributed by atoms with Crippen LogP contribution in [0.15, 0.2) is 41.0 Å². The van der Waals surface area contributed by atoms with Gasteiger partial charge in [0, 0.05) is 11.5 Å². The molecule has 6 nitrogen and oxygen atoms in total. The predicted octanol–water partition coefficient (Wildman–Crippen LogP) is 3.63. The third-order valence-electron chi connectivity index (χ3n) is 3.42. The van der Waals surface area contributed by atoms with Gasteiger partial charge in [0.15, 0.2) is 6.10 Å². The molecule has 27 heavy (non-hydrogen) atoms. The van der Waals surface area contributed by atoms with E-state index in [-0.39, 0.29) is 11.4 Å². The van der Waals surface area contributed by atoms with E-state index in [1.54, 1.807) is 0 Å². The topological polar surface area (TPSA) is 81.2 Å². The minimum absolute atomic E-state index is 0.0616. The van der Waals surface area contributed by atoms with Gasteiger partial charge in [-0.25, -0.2) is 18.7 Å². The summed E-state index contributed by atoms with van der Waals surface area (Å²) in [4.78, 5) is 33.1. The first kappa shape index (κ1) is 19.2. The molecule has 1 aromatic carbocycles. The first-order valence-electron chi connectivity index (χ1n) is 7.70. The van der Waals surface area contributed by atoms with Gasteiger partial charge in [0.1, 0.15) is 27.8 Å². The molecule has 1 amide bonds. The summed E-state index contributed by atoms with van der Waals surface area (Å²) in [6.45, 7) is 1.34. The van der Waals surface area contributed by atoms with Crippen molar-refractivity contribution in [1.29, 1.82) is 0 Å². The SMILES string of the molecule is C[C@H](OC(=O)CSc1ncnc2sccc12)C(=O)Nc1cc(F)ccc1F. The average Bonchev–Trinajstić information content (AvgIpc) is 3.12. The number of carbonyl (C=O) groups excluding carboxylic acids is 2. The van der Waals surface area contributed by atoms with Gasteiger partial charge >= 0.3 is 5.97 Å². The number of thiophene rings is 1. The minimum atomic E-state index is -1.17. The van der Waals surface area contributed by atoms with Gasteiger partial charge in [0.05, 0.1) is 11.4 Å². The van der Waals surface area contributed by atoms with Crippen molar-refractivity contribution in [2.45, 2.75) is 18.1 Å². The number of benzene rings is 1. The monoisotopic (exact) mass is 409 g/mol. The Labute approximate surface area is 161 Å². The lowest BCUT2D eigenvalue weighted by Gasteiger charge is -2.14. The average molecular weight is 409 g/mol. The fourth-order valence-electron chi connectivity index (χ4n) is 2.12. The molecule has 1 N–H and O–H groups in total. The van der Waals surface area contributed by atoms with E-state index >= 15 is 0 Å². The van der Waals surface area contributed by atoms with Crippen LogP contribution in [-0.4, -0.2) is 33.7 Å². The second kappa shape index (κ2) is 8.40. The molecule has 3 rings (SSSR count). The highest BCUT2D eigenvalue weighted by atomic mass is 32.2. The lowest BCUT2D eigenvalue weighted by atomic mass is 10.2. The van der Waals surface area contributed by atoms with Crippen molar-refractivity contribution >= 4 is 50.9 Å². The molecule has 0 aliphatic rings. The first-order chi connectivity index (χ1) is 12.9. The van der Waals surface area contributed by atoms with Crippen molar-refractivity contribution in [3.63, 3.8) is 0 Å². The zero-order valence-corrected chi connectivity index (χ0v) is 15.6. The fraction of sp³-hybridized carbons (Fsp3) is 0.176. The number of rotatable bonds is 6. The predicted molar refractivity (Wildman–Crippen MR) is 98.7 cm³/mol. The number of thioether (sulfide) groups is 1. The summed E-state index contributed by atoms with van der Waals surface area (Å²) in [7, 11) is 0. The van der Waals surface area contributed by atoms with Crippen LogP contribution in [0, 0.1) is 11.6 Å². The van der Waals surface area contributed by atoms with Crippen molar-refractivity contribution in [1.82, 2.24) is 9.97 Å². The molecule has 10 heteroatoms. The lowest BCUT2D eigenvalue weighted by Crippen LogP contribution is -2.30. The third kappa shape index (κ3) is 4.77. The number of anilines is 1. The number of hydrogen-bond acceptors (Lipinski definition) is 7. The van der Waals surface area contributed by atoms with Gasteiger partial charge in [0.2, 0.25) is 0 Å². The van der Waals surface area contributed by atoms with Crippen LogP contribution >= 0.6 is 23.1 Å². The van der Waals surface area contributed by atoms with Crippen LogP contribution in [0.3, 0.4) is 0 Å². The van der Waals surface area contributed by atoms with E-state index < -0.39 is 29.6 Å². The fourth-order valence-corrected chi connectivity index (χ4v) is 3.68. The normalized spacial score (nSPS) is 12.0. The summed E-state index contributed by atoms with van der Waals surface area (Å²) in [5, 5.41) is 5.54. The second-order valence-corrected chi connectivity index (χ2v) is 7.21. The van der Waals surface area contributed by atoms with Crippen LogP contribution in [0.2, 0.25) is 0 Å². The van der Waals surface area contributed by atoms with Crippen LogP contribution in [0.4, 0.5) is 14.5 Å². The smallest absolute Gasteiger partial charge is 0.317 e. The number of ether oxygens (including phenoxy) is 1. The Morgan fingerprint density at radius 2 is 2.11 bits per heavy atom. The molecule has 3 aromatic rings. The molecule has 2 heterocycles. The number of esters is 1. The van der Waals surface area contributed by atoms with Gasteiger partial charge in [0.25, 0.3) is 5.91 Å². The van der Waals surface area contributed by atoms with Crippen LogP contribution in [-0.2, 0) is 14.3 Å². The van der Waals surface area contributed by atoms with Gasteiger partial charge in [-0.1, -0.05) is 11.8 Å². The van der Waals surface area contributed by atoms with Crippen molar-refractivity contribution in [2.75, 3.05) is 11.1 Å². The van der Waals surface area contributed by atoms with E-state index in [0.29, 0.717) is 5.03 Å². The first-order valence-corrected chi connectivity index (χ1v) is 9.57. The summed E-state index contributed by atoms with van der Waals surface area (Å²) in [5.74, 6) is -2.95. The zero-order chi connectivity index (χ0) is 19.4. The maximum Gasteiger partial charge on any atom is 0.317 e. The van der Waals surface area contributed by atoms with E-state index in [1.165, 1.54) is 24.6 Å². The quantitative estimate of drug-likeness (QED) is 0.380. The summed E-state index contributed by atoms with van der Waals surface area (Å²) >= 11 is 2.63. The molecule has 0 spiro atoms. The van der Waals surface area contributed by atoms with Crippen molar-refractivity contribution in [2.24, 2.45) is 0 Å². The Morgan fingerprint density at radius 1 is 1.30 bits per heavy atom. The summed E-state index contributed by atoms with van der Waals surface area (Å²) in [5.41, 5.74) is -0.321. The maximum atomic E-state index is 13.6. The Hall–Kier alpha value is -2.59. The van der Waals surface area contributed by atoms with Gasteiger partial charge in [-0.3, -0.25) is 9.59 Å². The standard InChI is InChI=1S/C17H13F2N3O3S2/c1-9(15(24)22-13-6-10(18)2-3-12(13)19)25-14(23)7-27-17-11-4-5-26-16(11)20-8-21-17/h2-6,8-9H,7H2,1H3,(H,22,24)/t9-/m0/s1. The number of aromatic nitrogens is 2. The molecule has 0 saturated heterocycles. The van der Waals surface area contributed by atoms with E-state index in [1.807, 2.05) is 11.4 Å². The molecule has 0 fully saturated rings. The minimum Gasteiger partial charge on any atom is -0.452 e. The number of halogens is 2. The van der Waals surface area contributed by atoms with Crippen LogP contribution in [0.1, 0.15) is 6.92 Å². The lowest BCUT2D eigenvalue weighted by molar-refractivity contribution is -0.150. The van der Waals surface area contributed by atoms with Crippen molar-refractivity contribution < 1.29 is 23.1 Å². The molecular weight excluding hydrogens is 396 g/mol. The van der Waals surface area contributed by atoms with Gasteiger partial charge in [-0.05, 0) is 30.5 Å². The third-order valence-corrected chi connectivity index (χ3v) is 5.22. The summed E-state index contributed by atoms with van der Waals surface area (Å²) in [6, 6.07) is 4.53. The van der Waals surface area contributed by atoms with Crippen LogP contribution in [0.25, 0.3) is 10.2 Å². The molecule has 0 aliphatic carbocycles. The van der Waals surface area contributed by atoms with Crippen LogP contribution < -0.4 is 5.32 Å². The summed E-state index contributed by atoms with van der Waals surface area (Å²) < 4.78 is 31.7. The van der Waals surface area contributed by atoms with Gasteiger partial charge < -0.3 is 10.1 Å². The number of hydrogen-bond donors (Lipinski definition) is 1. The molecule has 0 saturated carbocycles. The van der Waals surface area contributed by atoms with Crippen LogP contribution in [0.5, 0.6) is 0 Å². The molecule has 0 unspecified atom stereocenters. The molecule has 0 bridgehead atoms. The molecule has 140 valence electrons. The highest BCUT2D eigenvalue weighted by Gasteiger charge is 2.20. The molecule has 0 radical (unpaired) electrons. The maximum absolute atomic E-state index is 13.6. The number of carbonyl (C=O) groups is 2. The molecule has 2 aromatic heterocycles. The van der Waals surface area contributed by atoms with E-state index in [4.69, 9.17) is 4.74 Å². The number of nitrogens with zero attached hydrogens (tertiary/aromatic N) is 2. The number of amides is 1. The van der Waals surface area contributed by atoms with Crippen molar-refractivity contribution in [3.8, 4) is 0 Å². The Morgan fingerprint density at radius 3 is 2.93 bits per heavy atom. The Kier molecular flexibility index (Phi) is 5.97. The highest BCUT2D eigenvalue weighted by molar-refractivity contribution is 8.00. The Bertz CT molecular complexity index is 996. The van der Waals surface area contributed by atoms with Crippen molar-refractivity contribution in [3.05, 3.63) is 47.6 Å². The Balaban J connectivity index is 1.54.